The highest BCUT2D eigenvalue weighted by Gasteiger charge is 2.45. The van der Waals surface area contributed by atoms with Crippen LogP contribution >= 0.6 is 0 Å². The topological polar surface area (TPSA) is 21.7 Å². The number of methoxy groups -OCH3 is 2. The molecule has 3 nitrogen and oxygen atoms in total. The van der Waals surface area contributed by atoms with Gasteiger partial charge in [-0.3, -0.25) is 0 Å². The van der Waals surface area contributed by atoms with Crippen molar-refractivity contribution in [3.8, 4) is 5.75 Å². The van der Waals surface area contributed by atoms with Crippen LogP contribution in [0.5, 0.6) is 5.75 Å². The molecule has 1 aromatic rings. The number of rotatable bonds is 3. The highest BCUT2D eigenvalue weighted by atomic mass is 16.5. The van der Waals surface area contributed by atoms with E-state index in [1.165, 1.54) is 12.0 Å². The van der Waals surface area contributed by atoms with Crippen molar-refractivity contribution in [2.24, 2.45) is 5.92 Å². The molecule has 2 aliphatic rings. The molecule has 3 atom stereocenters. The Labute approximate surface area is 127 Å². The summed E-state index contributed by atoms with van der Waals surface area (Å²) in [5.41, 5.74) is 1.57. The number of benzene rings is 1. The number of fused-ring (bicyclic) bond motifs is 1. The molecule has 0 aromatic heterocycles. The lowest BCUT2D eigenvalue weighted by molar-refractivity contribution is 0.0500. The lowest BCUT2D eigenvalue weighted by Crippen LogP contribution is -2.51. The summed E-state index contributed by atoms with van der Waals surface area (Å²) in [6.07, 6.45) is 7.06. The van der Waals surface area contributed by atoms with Gasteiger partial charge in [0.2, 0.25) is 0 Å². The van der Waals surface area contributed by atoms with Gasteiger partial charge in [-0.25, -0.2) is 0 Å². The average Bonchev–Trinajstić information content (AvgIpc) is 2.54. The van der Waals surface area contributed by atoms with E-state index in [4.69, 9.17) is 9.47 Å². The van der Waals surface area contributed by atoms with Crippen LogP contribution in [0.2, 0.25) is 0 Å². The van der Waals surface area contributed by atoms with E-state index in [2.05, 4.69) is 42.3 Å². The van der Waals surface area contributed by atoms with Gasteiger partial charge < -0.3 is 14.4 Å². The quantitative estimate of drug-likeness (QED) is 0.798. The van der Waals surface area contributed by atoms with Crippen molar-refractivity contribution in [1.82, 2.24) is 4.90 Å². The average molecular weight is 287 g/mol. The van der Waals surface area contributed by atoms with Gasteiger partial charge >= 0.3 is 0 Å². The van der Waals surface area contributed by atoms with Crippen LogP contribution in [0.15, 0.2) is 36.4 Å². The molecular formula is C18H25NO2. The Morgan fingerprint density at radius 1 is 1.24 bits per heavy atom. The number of hydrogen-bond acceptors (Lipinski definition) is 3. The zero-order valence-electron chi connectivity index (χ0n) is 13.2. The number of nitrogens with zero attached hydrogens (tertiary/aromatic N) is 1. The number of hydrogen-bond donors (Lipinski definition) is 0. The van der Waals surface area contributed by atoms with Crippen LogP contribution in [0.4, 0.5) is 0 Å². The summed E-state index contributed by atoms with van der Waals surface area (Å²) in [5.74, 6) is 1.50. The third kappa shape index (κ3) is 2.60. The van der Waals surface area contributed by atoms with Crippen LogP contribution in [-0.4, -0.2) is 45.4 Å². The van der Waals surface area contributed by atoms with Crippen molar-refractivity contribution in [2.75, 3.05) is 34.4 Å². The number of likely N-dealkylation sites (tertiary alicyclic amines) is 1. The maximum atomic E-state index is 5.64. The third-order valence-corrected chi connectivity index (χ3v) is 5.23. The maximum absolute atomic E-state index is 5.64. The fourth-order valence-corrected chi connectivity index (χ4v) is 3.93. The second kappa shape index (κ2) is 5.82. The monoisotopic (exact) mass is 287 g/mol. The Bertz CT molecular complexity index is 528. The summed E-state index contributed by atoms with van der Waals surface area (Å²) in [6.45, 7) is 2.25. The van der Waals surface area contributed by atoms with E-state index in [1.54, 1.807) is 7.11 Å². The molecule has 3 unspecified atom stereocenters. The zero-order chi connectivity index (χ0) is 14.9. The molecular weight excluding hydrogens is 262 g/mol. The van der Waals surface area contributed by atoms with E-state index in [-0.39, 0.29) is 11.5 Å². The first-order chi connectivity index (χ1) is 10.2. The summed E-state index contributed by atoms with van der Waals surface area (Å²) < 4.78 is 11.1. The van der Waals surface area contributed by atoms with Crippen molar-refractivity contribution in [3.63, 3.8) is 0 Å². The van der Waals surface area contributed by atoms with E-state index in [1.807, 2.05) is 13.2 Å². The molecule has 3 heteroatoms. The minimum absolute atomic E-state index is 0.177. The minimum Gasteiger partial charge on any atom is -0.497 e. The summed E-state index contributed by atoms with van der Waals surface area (Å²) >= 11 is 0. The highest BCUT2D eigenvalue weighted by molar-refractivity contribution is 5.38. The first kappa shape index (κ1) is 14.6. The van der Waals surface area contributed by atoms with Crippen molar-refractivity contribution < 1.29 is 9.47 Å². The zero-order valence-corrected chi connectivity index (χ0v) is 13.2. The Morgan fingerprint density at radius 2 is 2.10 bits per heavy atom. The normalized spacial score (nSPS) is 32.7. The van der Waals surface area contributed by atoms with E-state index < -0.39 is 0 Å². The van der Waals surface area contributed by atoms with Gasteiger partial charge in [-0.05, 0) is 50.0 Å². The Balaban J connectivity index is 2.02. The van der Waals surface area contributed by atoms with Gasteiger partial charge in [0.05, 0.1) is 13.2 Å². The van der Waals surface area contributed by atoms with Crippen LogP contribution in [0.25, 0.3) is 0 Å². The van der Waals surface area contributed by atoms with Gasteiger partial charge in [0, 0.05) is 19.1 Å². The van der Waals surface area contributed by atoms with Gasteiger partial charge in [-0.15, -0.1) is 0 Å². The molecule has 1 aromatic carbocycles. The third-order valence-electron chi connectivity index (χ3n) is 5.23. The van der Waals surface area contributed by atoms with E-state index >= 15 is 0 Å². The molecule has 1 fully saturated rings. The van der Waals surface area contributed by atoms with Crippen LogP contribution in [-0.2, 0) is 10.2 Å². The fourth-order valence-electron chi connectivity index (χ4n) is 3.93. The number of ether oxygens (including phenoxy) is 2. The Kier molecular flexibility index (Phi) is 4.05. The standard InChI is InChI=1S/C18H25NO2/c1-19-10-9-18(14-5-4-6-16(11-14)20-2)12-17(21-3)8-7-15(18)13-19/h4-8,11,15,17H,9-10,12-13H2,1-3H3. The molecule has 1 heterocycles. The molecule has 114 valence electrons. The second-order valence-corrected chi connectivity index (χ2v) is 6.37. The molecule has 0 radical (unpaired) electrons. The van der Waals surface area contributed by atoms with Gasteiger partial charge in [0.15, 0.2) is 0 Å². The first-order valence-electron chi connectivity index (χ1n) is 7.72. The fraction of sp³-hybridized carbons (Fsp3) is 0.556. The van der Waals surface area contributed by atoms with Gasteiger partial charge in [-0.2, -0.15) is 0 Å². The van der Waals surface area contributed by atoms with Crippen LogP contribution in [0.1, 0.15) is 18.4 Å². The molecule has 0 spiro atoms. The lowest BCUT2D eigenvalue weighted by Gasteiger charge is -2.49. The molecule has 1 aliphatic heterocycles. The molecule has 3 rings (SSSR count). The summed E-state index contributed by atoms with van der Waals surface area (Å²) in [4.78, 5) is 2.43. The SMILES string of the molecule is COc1cccc(C23CCN(C)CC2C=CC(OC)C3)c1. The lowest BCUT2D eigenvalue weighted by atomic mass is 9.61. The highest BCUT2D eigenvalue weighted by Crippen LogP contribution is 2.47. The Morgan fingerprint density at radius 3 is 2.86 bits per heavy atom. The predicted octanol–water partition coefficient (Wildman–Crippen LogP) is 2.86. The maximum Gasteiger partial charge on any atom is 0.119 e. The van der Waals surface area contributed by atoms with Gasteiger partial charge in [0.25, 0.3) is 0 Å². The van der Waals surface area contributed by atoms with Gasteiger partial charge in [-0.1, -0.05) is 24.3 Å². The molecule has 21 heavy (non-hydrogen) atoms. The van der Waals surface area contributed by atoms with Crippen molar-refractivity contribution in [3.05, 3.63) is 42.0 Å². The van der Waals surface area contributed by atoms with E-state index in [0.717, 1.165) is 25.3 Å². The van der Waals surface area contributed by atoms with Crippen LogP contribution in [0, 0.1) is 5.92 Å². The van der Waals surface area contributed by atoms with Crippen molar-refractivity contribution in [2.45, 2.75) is 24.4 Å². The molecule has 1 saturated heterocycles. The summed E-state index contributed by atoms with van der Waals surface area (Å²) in [5, 5.41) is 0. The van der Waals surface area contributed by atoms with Crippen molar-refractivity contribution >= 4 is 0 Å². The second-order valence-electron chi connectivity index (χ2n) is 6.37. The van der Waals surface area contributed by atoms with Crippen LogP contribution in [0.3, 0.4) is 0 Å². The Hall–Kier alpha value is -1.32. The predicted molar refractivity (Wildman–Crippen MR) is 84.8 cm³/mol. The first-order valence-corrected chi connectivity index (χ1v) is 7.72. The summed E-state index contributed by atoms with van der Waals surface area (Å²) in [7, 11) is 5.76. The molecule has 0 N–H and O–H groups in total. The largest absolute Gasteiger partial charge is 0.497 e. The molecule has 0 bridgehead atoms. The summed E-state index contributed by atoms with van der Waals surface area (Å²) in [6, 6.07) is 8.60. The van der Waals surface area contributed by atoms with Crippen LogP contribution < -0.4 is 4.74 Å². The van der Waals surface area contributed by atoms with E-state index in [9.17, 15) is 0 Å². The molecule has 0 amide bonds. The van der Waals surface area contributed by atoms with Crippen molar-refractivity contribution in [1.29, 1.82) is 0 Å². The minimum atomic E-state index is 0.177. The smallest absolute Gasteiger partial charge is 0.119 e. The van der Waals surface area contributed by atoms with Gasteiger partial charge in [0.1, 0.15) is 5.75 Å². The van der Waals surface area contributed by atoms with E-state index in [0.29, 0.717) is 5.92 Å². The number of piperidine rings is 1. The molecule has 0 saturated carbocycles. The molecule has 1 aliphatic carbocycles.